The fourth-order valence-electron chi connectivity index (χ4n) is 1.89. The number of carbonyl (C=O) groups excluding carboxylic acids is 1. The molecule has 0 unspecified atom stereocenters. The van der Waals surface area contributed by atoms with Gasteiger partial charge in [-0.05, 0) is 38.2 Å². The Labute approximate surface area is 140 Å². The molecule has 23 heavy (non-hydrogen) atoms. The second kappa shape index (κ2) is 16.5. The first-order valence-corrected chi connectivity index (χ1v) is 8.54. The van der Waals surface area contributed by atoms with Gasteiger partial charge in [-0.1, -0.05) is 62.3 Å². The van der Waals surface area contributed by atoms with E-state index in [9.17, 15) is 9.59 Å². The second-order valence-electron chi connectivity index (χ2n) is 5.41. The monoisotopic (exact) mass is 318 g/mol. The third-order valence-electron chi connectivity index (χ3n) is 3.20. The molecule has 0 radical (unpaired) electrons. The minimum Gasteiger partial charge on any atom is -0.481 e. The maximum absolute atomic E-state index is 11.4. The molecular formula is C20H30O3. The summed E-state index contributed by atoms with van der Waals surface area (Å²) in [6.07, 6.45) is 23.3. The first kappa shape index (κ1) is 21.1. The van der Waals surface area contributed by atoms with Crippen molar-refractivity contribution in [2.45, 2.75) is 64.7 Å². The molecule has 0 aliphatic heterocycles. The van der Waals surface area contributed by atoms with Crippen molar-refractivity contribution in [2.75, 3.05) is 0 Å². The Bertz CT molecular complexity index is 428. The number of unbranched alkanes of at least 4 members (excludes halogenated alkanes) is 3. The normalized spacial score (nSPS) is 12.2. The molecule has 3 nitrogen and oxygen atoms in total. The van der Waals surface area contributed by atoms with E-state index in [1.807, 2.05) is 12.2 Å². The Hall–Kier alpha value is -1.90. The number of ketones is 1. The molecule has 0 amide bonds. The zero-order chi connectivity index (χ0) is 17.2. The van der Waals surface area contributed by atoms with Gasteiger partial charge in [0.25, 0.3) is 0 Å². The highest BCUT2D eigenvalue weighted by Crippen LogP contribution is 2.01. The third-order valence-corrected chi connectivity index (χ3v) is 3.20. The van der Waals surface area contributed by atoms with E-state index in [2.05, 4.69) is 31.2 Å². The summed E-state index contributed by atoms with van der Waals surface area (Å²) in [5.74, 6) is -0.885. The fraction of sp³-hybridized carbons (Fsp3) is 0.500. The second-order valence-corrected chi connectivity index (χ2v) is 5.41. The van der Waals surface area contributed by atoms with Crippen LogP contribution in [0.5, 0.6) is 0 Å². The number of hydrogen-bond acceptors (Lipinski definition) is 2. The van der Waals surface area contributed by atoms with Crippen molar-refractivity contribution in [3.63, 3.8) is 0 Å². The van der Waals surface area contributed by atoms with Gasteiger partial charge < -0.3 is 5.11 Å². The van der Waals surface area contributed by atoms with Gasteiger partial charge >= 0.3 is 5.97 Å². The molecule has 0 heterocycles. The predicted octanol–water partition coefficient (Wildman–Crippen LogP) is 5.40. The number of hydrogen-bond donors (Lipinski definition) is 1. The Kier molecular flexibility index (Phi) is 15.1. The molecule has 0 aromatic rings. The highest BCUT2D eigenvalue weighted by Gasteiger charge is 1.99. The van der Waals surface area contributed by atoms with Crippen molar-refractivity contribution >= 4 is 11.8 Å². The minimum absolute atomic E-state index is 0.0281. The van der Waals surface area contributed by atoms with Crippen LogP contribution in [-0.2, 0) is 9.59 Å². The van der Waals surface area contributed by atoms with E-state index in [1.54, 1.807) is 6.08 Å². The van der Waals surface area contributed by atoms with E-state index in [0.29, 0.717) is 12.8 Å². The van der Waals surface area contributed by atoms with Gasteiger partial charge in [-0.3, -0.25) is 9.59 Å². The number of carboxylic acids is 1. The van der Waals surface area contributed by atoms with Gasteiger partial charge in [0.05, 0.1) is 0 Å². The van der Waals surface area contributed by atoms with Crippen LogP contribution in [0.3, 0.4) is 0 Å². The molecule has 128 valence electrons. The van der Waals surface area contributed by atoms with Gasteiger partial charge in [-0.2, -0.15) is 0 Å². The van der Waals surface area contributed by atoms with Crippen LogP contribution >= 0.6 is 0 Å². The van der Waals surface area contributed by atoms with E-state index in [0.717, 1.165) is 12.8 Å². The SMILES string of the molecule is CCCCC/C=C\C/C=C\C/C=C/C=C/C(=O)CCCC(=O)O. The average molecular weight is 318 g/mol. The quantitative estimate of drug-likeness (QED) is 0.202. The van der Waals surface area contributed by atoms with Crippen molar-refractivity contribution in [1.29, 1.82) is 0 Å². The zero-order valence-electron chi connectivity index (χ0n) is 14.2. The molecule has 0 aromatic heterocycles. The Morgan fingerprint density at radius 3 is 2.22 bits per heavy atom. The molecule has 0 atom stereocenters. The number of aliphatic carboxylic acids is 1. The summed E-state index contributed by atoms with van der Waals surface area (Å²) in [6, 6.07) is 0. The minimum atomic E-state index is -0.857. The maximum atomic E-state index is 11.4. The predicted molar refractivity (Wildman–Crippen MR) is 96.4 cm³/mol. The first-order valence-electron chi connectivity index (χ1n) is 8.54. The molecule has 0 aromatic carbocycles. The van der Waals surface area contributed by atoms with E-state index in [-0.39, 0.29) is 12.2 Å². The van der Waals surface area contributed by atoms with Crippen LogP contribution in [-0.4, -0.2) is 16.9 Å². The lowest BCUT2D eigenvalue weighted by Gasteiger charge is -1.92. The zero-order valence-corrected chi connectivity index (χ0v) is 14.2. The number of rotatable bonds is 14. The van der Waals surface area contributed by atoms with Crippen molar-refractivity contribution < 1.29 is 14.7 Å². The number of carboxylic acid groups (broad SMARTS) is 1. The van der Waals surface area contributed by atoms with Crippen LogP contribution < -0.4 is 0 Å². The highest BCUT2D eigenvalue weighted by molar-refractivity contribution is 5.90. The standard InChI is InChI=1S/C20H30O3/c1-2-3-4-5-6-7-8-9-10-11-12-13-14-16-19(21)17-15-18-20(22)23/h6-7,9-10,12-14,16H,2-5,8,11,15,17-18H2,1H3,(H,22,23)/b7-6-,10-9-,13-12+,16-14+. The summed E-state index contributed by atoms with van der Waals surface area (Å²) in [6.45, 7) is 2.21. The molecule has 0 fully saturated rings. The molecule has 0 saturated carbocycles. The Balaban J connectivity index is 3.61. The lowest BCUT2D eigenvalue weighted by Crippen LogP contribution is -1.97. The van der Waals surface area contributed by atoms with E-state index in [4.69, 9.17) is 5.11 Å². The maximum Gasteiger partial charge on any atom is 0.303 e. The summed E-state index contributed by atoms with van der Waals surface area (Å²) >= 11 is 0. The van der Waals surface area contributed by atoms with Gasteiger partial charge in [0.15, 0.2) is 5.78 Å². The smallest absolute Gasteiger partial charge is 0.303 e. The van der Waals surface area contributed by atoms with Crippen molar-refractivity contribution in [3.8, 4) is 0 Å². The lowest BCUT2D eigenvalue weighted by atomic mass is 10.1. The van der Waals surface area contributed by atoms with Crippen LogP contribution in [0, 0.1) is 0 Å². The van der Waals surface area contributed by atoms with Crippen molar-refractivity contribution in [2.24, 2.45) is 0 Å². The largest absolute Gasteiger partial charge is 0.481 e. The summed E-state index contributed by atoms with van der Waals surface area (Å²) in [7, 11) is 0. The van der Waals surface area contributed by atoms with E-state index < -0.39 is 5.97 Å². The molecule has 3 heteroatoms. The van der Waals surface area contributed by atoms with Crippen LogP contribution in [0.15, 0.2) is 48.6 Å². The van der Waals surface area contributed by atoms with Gasteiger partial charge in [-0.15, -0.1) is 0 Å². The van der Waals surface area contributed by atoms with Gasteiger partial charge in [0.1, 0.15) is 0 Å². The number of allylic oxidation sites excluding steroid dienone is 8. The summed E-state index contributed by atoms with van der Waals surface area (Å²) in [5.41, 5.74) is 0. The van der Waals surface area contributed by atoms with Crippen LogP contribution in [0.25, 0.3) is 0 Å². The van der Waals surface area contributed by atoms with Gasteiger partial charge in [-0.25, -0.2) is 0 Å². The molecule has 0 aliphatic carbocycles. The third kappa shape index (κ3) is 18.1. The molecule has 0 saturated heterocycles. The summed E-state index contributed by atoms with van der Waals surface area (Å²) in [5, 5.41) is 8.47. The number of carbonyl (C=O) groups is 2. The Morgan fingerprint density at radius 1 is 0.826 bits per heavy atom. The molecule has 0 rings (SSSR count). The van der Waals surface area contributed by atoms with Crippen LogP contribution in [0.1, 0.15) is 64.7 Å². The first-order chi connectivity index (χ1) is 11.2. The van der Waals surface area contributed by atoms with Crippen LogP contribution in [0.2, 0.25) is 0 Å². The molecule has 1 N–H and O–H groups in total. The van der Waals surface area contributed by atoms with Crippen LogP contribution in [0.4, 0.5) is 0 Å². The molecule has 0 spiro atoms. The molecular weight excluding hydrogens is 288 g/mol. The summed E-state index contributed by atoms with van der Waals surface area (Å²) in [4.78, 5) is 21.7. The lowest BCUT2D eigenvalue weighted by molar-refractivity contribution is -0.137. The average Bonchev–Trinajstić information content (AvgIpc) is 2.51. The van der Waals surface area contributed by atoms with Crippen molar-refractivity contribution in [3.05, 3.63) is 48.6 Å². The molecule has 0 bridgehead atoms. The Morgan fingerprint density at radius 2 is 1.52 bits per heavy atom. The topological polar surface area (TPSA) is 54.4 Å². The van der Waals surface area contributed by atoms with Gasteiger partial charge in [0, 0.05) is 12.8 Å². The fourth-order valence-corrected chi connectivity index (χ4v) is 1.89. The van der Waals surface area contributed by atoms with Gasteiger partial charge in [0.2, 0.25) is 0 Å². The van der Waals surface area contributed by atoms with E-state index in [1.165, 1.54) is 31.8 Å². The van der Waals surface area contributed by atoms with E-state index >= 15 is 0 Å². The highest BCUT2D eigenvalue weighted by atomic mass is 16.4. The summed E-state index contributed by atoms with van der Waals surface area (Å²) < 4.78 is 0. The van der Waals surface area contributed by atoms with Crippen molar-refractivity contribution in [1.82, 2.24) is 0 Å². The molecule has 0 aliphatic rings.